The predicted molar refractivity (Wildman–Crippen MR) is 71.2 cm³/mol. The number of aryl methyl sites for hydroxylation is 1. The van der Waals surface area contributed by atoms with Crippen LogP contribution in [-0.2, 0) is 4.74 Å². The van der Waals surface area contributed by atoms with Gasteiger partial charge in [-0.05, 0) is 43.4 Å². The van der Waals surface area contributed by atoms with Gasteiger partial charge in [0.1, 0.15) is 0 Å². The summed E-state index contributed by atoms with van der Waals surface area (Å²) in [5.41, 5.74) is 8.33. The highest BCUT2D eigenvalue weighted by Crippen LogP contribution is 2.22. The molecular weight excluding hydrogens is 212 g/mol. The second-order valence-corrected chi connectivity index (χ2v) is 4.81. The lowest BCUT2D eigenvalue weighted by molar-refractivity contribution is 0.0613. The lowest BCUT2D eigenvalue weighted by atomic mass is 9.91. The molecule has 2 rings (SSSR count). The monoisotopic (exact) mass is 234 g/mol. The Morgan fingerprint density at radius 3 is 2.82 bits per heavy atom. The first kappa shape index (κ1) is 12.4. The minimum atomic E-state index is 0.362. The molecule has 0 bridgehead atoms. The fourth-order valence-electron chi connectivity index (χ4n) is 2.44. The molecule has 0 aromatic heterocycles. The van der Waals surface area contributed by atoms with Crippen molar-refractivity contribution in [2.75, 3.05) is 25.1 Å². The van der Waals surface area contributed by atoms with Gasteiger partial charge in [0.05, 0.1) is 0 Å². The van der Waals surface area contributed by atoms with Crippen LogP contribution in [0.25, 0.3) is 0 Å². The molecule has 1 aliphatic heterocycles. The van der Waals surface area contributed by atoms with Crippen LogP contribution < -0.4 is 11.1 Å². The molecule has 0 amide bonds. The molecule has 1 heterocycles. The van der Waals surface area contributed by atoms with Crippen LogP contribution in [0.3, 0.4) is 0 Å². The van der Waals surface area contributed by atoms with Crippen LogP contribution in [0.2, 0.25) is 0 Å². The molecule has 1 fully saturated rings. The smallest absolute Gasteiger partial charge is 0.0469 e. The molecular formula is C14H22N2O. The maximum Gasteiger partial charge on any atom is 0.0469 e. The third kappa shape index (κ3) is 3.45. The number of ether oxygens (including phenoxy) is 1. The highest BCUT2D eigenvalue weighted by Gasteiger charge is 2.22. The van der Waals surface area contributed by atoms with Crippen molar-refractivity contribution in [1.82, 2.24) is 0 Å². The first-order chi connectivity index (χ1) is 8.29. The summed E-state index contributed by atoms with van der Waals surface area (Å²) in [5, 5.41) is 3.56. The predicted octanol–water partition coefficient (Wildman–Crippen LogP) is 2.16. The lowest BCUT2D eigenvalue weighted by Crippen LogP contribution is -2.39. The zero-order chi connectivity index (χ0) is 12.1. The number of hydrogen-bond donors (Lipinski definition) is 2. The summed E-state index contributed by atoms with van der Waals surface area (Å²) in [5.74, 6) is 0.634. The molecule has 1 aromatic rings. The Labute approximate surface area is 103 Å². The number of nitrogens with one attached hydrogen (secondary N) is 1. The van der Waals surface area contributed by atoms with Crippen molar-refractivity contribution in [2.24, 2.45) is 11.7 Å². The minimum Gasteiger partial charge on any atom is -0.381 e. The standard InChI is InChI=1S/C14H22N2O/c1-11-3-2-4-13(9-11)16-14(10-15)12-5-7-17-8-6-12/h2-4,9,12,14,16H,5-8,10,15H2,1H3. The molecule has 94 valence electrons. The Kier molecular flexibility index (Phi) is 4.40. The molecule has 1 unspecified atom stereocenters. The van der Waals surface area contributed by atoms with Gasteiger partial charge in [-0.2, -0.15) is 0 Å². The van der Waals surface area contributed by atoms with Crippen molar-refractivity contribution in [3.63, 3.8) is 0 Å². The van der Waals surface area contributed by atoms with Crippen LogP contribution in [0.15, 0.2) is 24.3 Å². The summed E-state index contributed by atoms with van der Waals surface area (Å²) in [4.78, 5) is 0. The van der Waals surface area contributed by atoms with Gasteiger partial charge in [0.25, 0.3) is 0 Å². The van der Waals surface area contributed by atoms with Crippen LogP contribution in [0.4, 0.5) is 5.69 Å². The molecule has 3 heteroatoms. The van der Waals surface area contributed by atoms with Crippen LogP contribution in [0, 0.1) is 12.8 Å². The van der Waals surface area contributed by atoms with E-state index in [0.29, 0.717) is 18.5 Å². The molecule has 3 N–H and O–H groups in total. The zero-order valence-corrected chi connectivity index (χ0v) is 10.5. The maximum absolute atomic E-state index is 5.89. The average molecular weight is 234 g/mol. The quantitative estimate of drug-likeness (QED) is 0.839. The fraction of sp³-hybridized carbons (Fsp3) is 0.571. The van der Waals surface area contributed by atoms with Gasteiger partial charge in [0.15, 0.2) is 0 Å². The normalized spacial score (nSPS) is 18.9. The van der Waals surface area contributed by atoms with Crippen molar-refractivity contribution in [1.29, 1.82) is 0 Å². The van der Waals surface area contributed by atoms with Crippen LogP contribution in [-0.4, -0.2) is 25.8 Å². The van der Waals surface area contributed by atoms with Crippen molar-refractivity contribution in [2.45, 2.75) is 25.8 Å². The number of rotatable bonds is 4. The molecule has 1 atom stereocenters. The van der Waals surface area contributed by atoms with E-state index < -0.39 is 0 Å². The van der Waals surface area contributed by atoms with Gasteiger partial charge in [0, 0.05) is 31.5 Å². The van der Waals surface area contributed by atoms with E-state index in [1.807, 2.05) is 0 Å². The van der Waals surface area contributed by atoms with E-state index in [4.69, 9.17) is 10.5 Å². The van der Waals surface area contributed by atoms with Crippen molar-refractivity contribution in [3.8, 4) is 0 Å². The zero-order valence-electron chi connectivity index (χ0n) is 10.5. The second kappa shape index (κ2) is 6.03. The highest BCUT2D eigenvalue weighted by molar-refractivity contribution is 5.46. The van der Waals surface area contributed by atoms with Crippen LogP contribution in [0.1, 0.15) is 18.4 Å². The highest BCUT2D eigenvalue weighted by atomic mass is 16.5. The van der Waals surface area contributed by atoms with Crippen LogP contribution >= 0.6 is 0 Å². The first-order valence-electron chi connectivity index (χ1n) is 6.40. The van der Waals surface area contributed by atoms with Gasteiger partial charge in [-0.3, -0.25) is 0 Å². The number of benzene rings is 1. The van der Waals surface area contributed by atoms with Gasteiger partial charge in [-0.15, -0.1) is 0 Å². The van der Waals surface area contributed by atoms with Gasteiger partial charge >= 0.3 is 0 Å². The molecule has 0 saturated carbocycles. The Morgan fingerprint density at radius 2 is 2.18 bits per heavy atom. The molecule has 0 radical (unpaired) electrons. The van der Waals surface area contributed by atoms with Gasteiger partial charge in [-0.1, -0.05) is 12.1 Å². The lowest BCUT2D eigenvalue weighted by Gasteiger charge is -2.30. The average Bonchev–Trinajstić information content (AvgIpc) is 2.37. The molecule has 3 nitrogen and oxygen atoms in total. The van der Waals surface area contributed by atoms with E-state index in [1.54, 1.807) is 0 Å². The minimum absolute atomic E-state index is 0.362. The Morgan fingerprint density at radius 1 is 1.41 bits per heavy atom. The number of hydrogen-bond acceptors (Lipinski definition) is 3. The summed E-state index contributed by atoms with van der Waals surface area (Å²) in [7, 11) is 0. The van der Waals surface area contributed by atoms with Crippen molar-refractivity contribution < 1.29 is 4.74 Å². The van der Waals surface area contributed by atoms with E-state index in [9.17, 15) is 0 Å². The van der Waals surface area contributed by atoms with E-state index in [0.717, 1.165) is 26.1 Å². The molecule has 0 aliphatic carbocycles. The Balaban J connectivity index is 1.98. The summed E-state index contributed by atoms with van der Waals surface area (Å²) in [6.45, 7) is 4.53. The van der Waals surface area contributed by atoms with Gasteiger partial charge < -0.3 is 15.8 Å². The maximum atomic E-state index is 5.89. The van der Waals surface area contributed by atoms with Crippen molar-refractivity contribution in [3.05, 3.63) is 29.8 Å². The van der Waals surface area contributed by atoms with E-state index >= 15 is 0 Å². The van der Waals surface area contributed by atoms with E-state index in [-0.39, 0.29) is 0 Å². The summed E-state index contributed by atoms with van der Waals surface area (Å²) >= 11 is 0. The summed E-state index contributed by atoms with van der Waals surface area (Å²) in [6.07, 6.45) is 2.22. The number of anilines is 1. The fourth-order valence-corrected chi connectivity index (χ4v) is 2.44. The van der Waals surface area contributed by atoms with Crippen LogP contribution in [0.5, 0.6) is 0 Å². The van der Waals surface area contributed by atoms with E-state index in [2.05, 4.69) is 36.5 Å². The third-order valence-electron chi connectivity index (χ3n) is 3.46. The Bertz CT molecular complexity index is 348. The molecule has 0 spiro atoms. The SMILES string of the molecule is Cc1cccc(NC(CN)C2CCOCC2)c1. The molecule has 1 aliphatic rings. The topological polar surface area (TPSA) is 47.3 Å². The third-order valence-corrected chi connectivity index (χ3v) is 3.46. The summed E-state index contributed by atoms with van der Waals surface area (Å²) < 4.78 is 5.40. The molecule has 1 saturated heterocycles. The molecule has 17 heavy (non-hydrogen) atoms. The van der Waals surface area contributed by atoms with E-state index in [1.165, 1.54) is 11.3 Å². The molecule has 1 aromatic carbocycles. The Hall–Kier alpha value is -1.06. The van der Waals surface area contributed by atoms with Gasteiger partial charge in [-0.25, -0.2) is 0 Å². The number of nitrogens with two attached hydrogens (primary N) is 1. The summed E-state index contributed by atoms with van der Waals surface area (Å²) in [6, 6.07) is 8.82. The second-order valence-electron chi connectivity index (χ2n) is 4.81. The first-order valence-corrected chi connectivity index (χ1v) is 6.40. The van der Waals surface area contributed by atoms with Gasteiger partial charge in [0.2, 0.25) is 0 Å². The largest absolute Gasteiger partial charge is 0.381 e. The van der Waals surface area contributed by atoms with Crippen molar-refractivity contribution >= 4 is 5.69 Å².